The van der Waals surface area contributed by atoms with Crippen molar-refractivity contribution in [3.8, 4) is 0 Å². The van der Waals surface area contributed by atoms with Gasteiger partial charge in [0, 0.05) is 20.2 Å². The average Bonchev–Trinajstić information content (AvgIpc) is 3.21. The average molecular weight is 1550 g/mol. The Labute approximate surface area is 434 Å². The van der Waals surface area contributed by atoms with E-state index in [1.165, 1.54) is 0 Å². The van der Waals surface area contributed by atoms with Gasteiger partial charge in [0.25, 0.3) is 23.6 Å². The maximum absolute atomic E-state index is 15.1. The maximum Gasteiger partial charge on any atom is 0.253 e. The molecule has 0 aromatic heterocycles. The van der Waals surface area contributed by atoms with Crippen LogP contribution in [0.5, 0.6) is 0 Å². The van der Waals surface area contributed by atoms with Crippen LogP contribution < -0.4 is 31.9 Å². The minimum absolute atomic E-state index is 0.0231. The van der Waals surface area contributed by atoms with Gasteiger partial charge < -0.3 is 83.0 Å². The molecule has 22 nitrogen and oxygen atoms in total. The lowest BCUT2D eigenvalue weighted by Gasteiger charge is -2.35. The van der Waals surface area contributed by atoms with Gasteiger partial charge >= 0.3 is 0 Å². The number of hydrogen-bond donors (Lipinski definition) is 14. The van der Waals surface area contributed by atoms with Gasteiger partial charge in [-0.2, -0.15) is 0 Å². The van der Waals surface area contributed by atoms with E-state index in [1.54, 1.807) is 136 Å². The molecule has 5 unspecified atom stereocenters. The summed E-state index contributed by atoms with van der Waals surface area (Å²) in [6.07, 6.45) is -9.06. The predicted molar refractivity (Wildman–Crippen MR) is 269 cm³/mol. The second-order valence-electron chi connectivity index (χ2n) is 13.1. The van der Waals surface area contributed by atoms with Crippen molar-refractivity contribution in [3.63, 3.8) is 0 Å². The normalized spacial score (nSPS) is 14.3. The number of hydrogen-bond acceptors (Lipinski definition) is 16. The second-order valence-corrected chi connectivity index (χ2v) is 19.6. The van der Waals surface area contributed by atoms with Gasteiger partial charge in [0.05, 0.1) is 125 Å². The summed E-state index contributed by atoms with van der Waals surface area (Å²) in [5.41, 5.74) is 9.73. The highest BCUT2D eigenvalue weighted by atomic mass is 127. The Morgan fingerprint density at radius 2 is 0.758 bits per heavy atom. The molecule has 28 heteroatoms. The minimum atomic E-state index is -2.16. The van der Waals surface area contributed by atoms with E-state index in [9.17, 15) is 70.2 Å². The number of aliphatic hydroxyl groups is 10. The number of anilines is 2. The summed E-state index contributed by atoms with van der Waals surface area (Å²) < 4.78 is -0.411. The summed E-state index contributed by atoms with van der Waals surface area (Å²) in [4.78, 5) is 84.9. The fourth-order valence-corrected chi connectivity index (χ4v) is 15.0. The van der Waals surface area contributed by atoms with Crippen LogP contribution in [-0.2, 0) is 9.59 Å². The number of nitrogens with zero attached hydrogens (tertiary/aromatic N) is 2. The molecule has 0 spiro atoms. The Hall–Kier alpha value is -0.760. The van der Waals surface area contributed by atoms with E-state index >= 15 is 9.59 Å². The molecule has 346 valence electrons. The molecule has 62 heavy (non-hydrogen) atoms. The van der Waals surface area contributed by atoms with Crippen LogP contribution in [0.2, 0.25) is 0 Å². The topological polar surface area (TPSA) is 387 Å². The quantitative estimate of drug-likeness (QED) is 0.0392. The fraction of sp³-hybridized carbons (Fsp3) is 0.471. The molecule has 2 aromatic carbocycles. The Balaban J connectivity index is 3.15. The molecule has 0 aliphatic heterocycles. The minimum Gasteiger partial charge on any atom is -0.394 e. The smallest absolute Gasteiger partial charge is 0.253 e. The van der Waals surface area contributed by atoms with Crippen LogP contribution in [0.25, 0.3) is 0 Å². The fourth-order valence-electron chi connectivity index (χ4n) is 5.48. The number of halogens is 6. The van der Waals surface area contributed by atoms with Crippen molar-refractivity contribution in [1.82, 2.24) is 10.6 Å². The van der Waals surface area contributed by atoms with E-state index in [0.29, 0.717) is 0 Å². The molecule has 2 aromatic rings. The van der Waals surface area contributed by atoms with Gasteiger partial charge in [0.15, 0.2) is 0 Å². The second kappa shape index (κ2) is 26.5. The van der Waals surface area contributed by atoms with Crippen LogP contribution in [0.1, 0.15) is 47.9 Å². The summed E-state index contributed by atoms with van der Waals surface area (Å²) >= 11 is 9.90. The summed E-state index contributed by atoms with van der Waals surface area (Å²) in [6, 6.07) is 0. The Kier molecular flexibility index (Phi) is 24.6. The van der Waals surface area contributed by atoms with Crippen molar-refractivity contribution in [1.29, 1.82) is 0 Å². The van der Waals surface area contributed by atoms with Crippen LogP contribution in [0.4, 0.5) is 11.4 Å². The van der Waals surface area contributed by atoms with Gasteiger partial charge in [-0.15, -0.1) is 0 Å². The van der Waals surface area contributed by atoms with Crippen LogP contribution in [-0.4, -0.2) is 176 Å². The highest BCUT2D eigenvalue weighted by Crippen LogP contribution is 2.41. The third kappa shape index (κ3) is 14.1. The molecular weight excluding hydrogens is 1510 g/mol. The van der Waals surface area contributed by atoms with E-state index in [2.05, 4.69) is 10.6 Å². The zero-order valence-corrected chi connectivity index (χ0v) is 44.7. The van der Waals surface area contributed by atoms with E-state index in [-0.39, 0.29) is 55.0 Å². The lowest BCUT2D eigenvalue weighted by molar-refractivity contribution is -0.134. The predicted octanol–water partition coefficient (Wildman–Crippen LogP) is -2.89. The van der Waals surface area contributed by atoms with Gasteiger partial charge in [0.2, 0.25) is 11.8 Å². The Morgan fingerprint density at radius 3 is 1.03 bits per heavy atom. The van der Waals surface area contributed by atoms with Crippen molar-refractivity contribution < 1.29 is 79.8 Å². The summed E-state index contributed by atoms with van der Waals surface area (Å²) in [6.45, 7) is -7.05. The first-order chi connectivity index (χ1) is 29.0. The van der Waals surface area contributed by atoms with Crippen LogP contribution in [0.3, 0.4) is 0 Å². The van der Waals surface area contributed by atoms with E-state index < -0.39 is 138 Å². The molecule has 2 rings (SSSR count). The van der Waals surface area contributed by atoms with Gasteiger partial charge in [-0.05, 0) is 142 Å². The van der Waals surface area contributed by atoms with Crippen molar-refractivity contribution in [2.24, 2.45) is 17.4 Å². The number of carbonyl (C=O) groups excluding carboxylic acids is 6. The van der Waals surface area contributed by atoms with Crippen molar-refractivity contribution in [3.05, 3.63) is 43.7 Å². The van der Waals surface area contributed by atoms with Gasteiger partial charge in [-0.25, -0.2) is 0 Å². The lowest BCUT2D eigenvalue weighted by Crippen LogP contribution is -2.52. The number of primary amides is 2. The molecule has 16 N–H and O–H groups in total. The number of carbonyl (C=O) groups is 6. The SMILES string of the molecule is NC(=O)c1c(I)c(C(=O)NCC(O)CO)c(I)c(N(CC(O)CO)C(=O)C(CC(O)CO)C(=O)N(CC(O)CO)c2c(I)c(C(N)=O)c(I)c(C(=O)NCC(O)CO)c2I)c1I. The summed E-state index contributed by atoms with van der Waals surface area (Å²) in [7, 11) is 0. The molecular formula is C34H42I6N6O16. The first kappa shape index (κ1) is 57.4. The summed E-state index contributed by atoms with van der Waals surface area (Å²) in [5, 5.41) is 105. The zero-order chi connectivity index (χ0) is 47.5. The molecule has 6 amide bonds. The number of benzene rings is 2. The van der Waals surface area contributed by atoms with E-state index in [1.807, 2.05) is 0 Å². The highest BCUT2D eigenvalue weighted by molar-refractivity contribution is 14.1. The molecule has 5 atom stereocenters. The van der Waals surface area contributed by atoms with Gasteiger partial charge in [-0.1, -0.05) is 0 Å². The lowest BCUT2D eigenvalue weighted by atomic mass is 9.95. The number of nitrogens with two attached hydrogens (primary N) is 2. The molecule has 0 aliphatic rings. The molecule has 0 saturated heterocycles. The molecule has 0 fully saturated rings. The van der Waals surface area contributed by atoms with Crippen LogP contribution >= 0.6 is 136 Å². The first-order valence-electron chi connectivity index (χ1n) is 17.6. The van der Waals surface area contributed by atoms with E-state index in [4.69, 9.17) is 11.5 Å². The third-order valence-electron chi connectivity index (χ3n) is 8.55. The molecule has 0 saturated carbocycles. The van der Waals surface area contributed by atoms with E-state index in [0.717, 1.165) is 9.80 Å². The van der Waals surface area contributed by atoms with Crippen molar-refractivity contribution in [2.45, 2.75) is 36.9 Å². The first-order valence-corrected chi connectivity index (χ1v) is 24.1. The third-order valence-corrected chi connectivity index (χ3v) is 14.9. The van der Waals surface area contributed by atoms with Crippen LogP contribution in [0, 0.1) is 27.3 Å². The standard InChI is InChI=1S/C34H42I6N6O16/c35-21-17(29(41)57)23(37)27(25(39)19(21)31(59)43-2-12(53)7-48)45(4-14(55)9-50)33(61)16(1-11(52)6-47)34(62)46(5-15(56)10-51)28-24(38)18(30(42)58)22(36)20(26(28)40)32(60)44-3-13(54)8-49/h11-16,47-56H,1-10H2,(H2,41,57)(H2,42,58)(H,43,59)(H,44,60). The Bertz CT molecular complexity index is 1890. The Morgan fingerprint density at radius 1 is 0.468 bits per heavy atom. The largest absolute Gasteiger partial charge is 0.394 e. The number of rotatable bonds is 23. The number of aliphatic hydroxyl groups excluding tert-OH is 10. The number of nitrogens with one attached hydrogen (secondary N) is 2. The van der Waals surface area contributed by atoms with Crippen molar-refractivity contribution in [2.75, 3.05) is 69.0 Å². The summed E-state index contributed by atoms with van der Waals surface area (Å²) in [5.74, 6) is -8.79. The molecule has 0 heterocycles. The molecule has 0 aliphatic carbocycles. The highest BCUT2D eigenvalue weighted by Gasteiger charge is 2.42. The van der Waals surface area contributed by atoms with Gasteiger partial charge in [0.1, 0.15) is 5.92 Å². The van der Waals surface area contributed by atoms with Gasteiger partial charge in [-0.3, -0.25) is 28.8 Å². The van der Waals surface area contributed by atoms with Crippen LogP contribution in [0.15, 0.2) is 0 Å². The monoisotopic (exact) mass is 1550 g/mol. The molecule has 0 bridgehead atoms. The zero-order valence-electron chi connectivity index (χ0n) is 31.8. The van der Waals surface area contributed by atoms with Crippen molar-refractivity contribution >= 4 is 182 Å². The molecule has 0 radical (unpaired) electrons. The maximum atomic E-state index is 15.1. The number of amides is 6.